The van der Waals surface area contributed by atoms with Crippen molar-refractivity contribution in [2.75, 3.05) is 0 Å². The summed E-state index contributed by atoms with van der Waals surface area (Å²) in [7, 11) is 0. The summed E-state index contributed by atoms with van der Waals surface area (Å²) < 4.78 is 20.0. The smallest absolute Gasteiger partial charge is 0.265 e. The molecule has 0 unspecified atom stereocenters. The third kappa shape index (κ3) is 4.78. The molecule has 1 aliphatic rings. The molecule has 2 heterocycles. The number of amides is 2. The average Bonchev–Trinajstić information content (AvgIpc) is 3.25. The van der Waals surface area contributed by atoms with E-state index in [1.54, 1.807) is 18.3 Å². The number of hydrogen-bond acceptors (Lipinski definition) is 5. The zero-order valence-corrected chi connectivity index (χ0v) is 22.0. The highest BCUT2D eigenvalue weighted by Gasteiger charge is 2.43. The van der Waals surface area contributed by atoms with Crippen LogP contribution in [-0.2, 0) is 6.54 Å². The van der Waals surface area contributed by atoms with Crippen molar-refractivity contribution in [1.82, 2.24) is 9.88 Å². The number of rotatable bonds is 6. The Labute approximate surface area is 231 Å². The molecule has 4 aromatic carbocycles. The number of nitrogens with zero attached hydrogens (tertiary/aromatic N) is 2. The lowest BCUT2D eigenvalue weighted by Crippen LogP contribution is -2.29. The third-order valence-electron chi connectivity index (χ3n) is 6.60. The van der Waals surface area contributed by atoms with Gasteiger partial charge in [0.25, 0.3) is 11.8 Å². The van der Waals surface area contributed by atoms with E-state index in [4.69, 9.17) is 4.74 Å². The van der Waals surface area contributed by atoms with Crippen LogP contribution in [0.3, 0.4) is 0 Å². The van der Waals surface area contributed by atoms with E-state index in [1.807, 2.05) is 74.5 Å². The number of fused-ring (bicyclic) bond motifs is 2. The first kappa shape index (κ1) is 26.6. The second kappa shape index (κ2) is 11.4. The third-order valence-corrected chi connectivity index (χ3v) is 6.60. The first-order chi connectivity index (χ1) is 19.5. The Balaban J connectivity index is 0.00000158. The Morgan fingerprint density at radius 1 is 0.800 bits per heavy atom. The molecule has 200 valence electrons. The van der Waals surface area contributed by atoms with Crippen LogP contribution in [0, 0.1) is 5.82 Å². The summed E-state index contributed by atoms with van der Waals surface area (Å²) in [6, 6.07) is 27.9. The Morgan fingerprint density at radius 3 is 1.98 bits per heavy atom. The van der Waals surface area contributed by atoms with Crippen molar-refractivity contribution in [3.8, 4) is 11.5 Å². The molecule has 0 radical (unpaired) electrons. The van der Waals surface area contributed by atoms with Gasteiger partial charge in [0, 0.05) is 11.6 Å². The minimum Gasteiger partial charge on any atom is -0.506 e. The molecular weight excluding hydrogens is 507 g/mol. The Hall–Kier alpha value is -5.04. The first-order valence-electron chi connectivity index (χ1n) is 13.0. The van der Waals surface area contributed by atoms with Crippen LogP contribution in [0.2, 0.25) is 0 Å². The number of phenols is 1. The fourth-order valence-electron chi connectivity index (χ4n) is 4.77. The van der Waals surface area contributed by atoms with Gasteiger partial charge in [-0.1, -0.05) is 86.6 Å². The number of aromatic nitrogens is 1. The maximum absolute atomic E-state index is 13.8. The lowest BCUT2D eigenvalue weighted by atomic mass is 9.99. The number of aromatic hydroxyl groups is 1. The second-order valence-corrected chi connectivity index (χ2v) is 8.97. The minimum atomic E-state index is -0.654. The zero-order valence-electron chi connectivity index (χ0n) is 22.0. The predicted molar refractivity (Wildman–Crippen MR) is 151 cm³/mol. The van der Waals surface area contributed by atoms with Gasteiger partial charge in [0.1, 0.15) is 28.8 Å². The number of ether oxygens (including phenoxy) is 1. The van der Waals surface area contributed by atoms with Crippen molar-refractivity contribution in [2.45, 2.75) is 26.5 Å². The molecular formula is C33H27FN2O4. The molecule has 0 atom stereocenters. The van der Waals surface area contributed by atoms with Crippen molar-refractivity contribution < 1.29 is 23.8 Å². The van der Waals surface area contributed by atoms with Gasteiger partial charge in [0.15, 0.2) is 5.75 Å². The standard InChI is InChI=1S/C31H21FN2O4.C2H6/c32-22-15-13-19(14-16-22)18-34-30(36)24-25(31(34)37)29(26-23(27(24)35)12-7-17-33-26)38-28(20-8-3-1-4-9-20)21-10-5-2-6-11-21;1-2/h1-17,28,35H,18H2;1-2H3. The Kier molecular flexibility index (Phi) is 7.55. The molecule has 0 spiro atoms. The van der Waals surface area contributed by atoms with Crippen molar-refractivity contribution in [3.63, 3.8) is 0 Å². The van der Waals surface area contributed by atoms with Crippen LogP contribution in [-0.4, -0.2) is 26.8 Å². The van der Waals surface area contributed by atoms with Crippen LogP contribution in [0.4, 0.5) is 4.39 Å². The van der Waals surface area contributed by atoms with Gasteiger partial charge in [-0.25, -0.2) is 4.39 Å². The van der Waals surface area contributed by atoms with Crippen molar-refractivity contribution in [3.05, 3.63) is 137 Å². The van der Waals surface area contributed by atoms with E-state index in [9.17, 15) is 19.1 Å². The van der Waals surface area contributed by atoms with Gasteiger partial charge < -0.3 is 9.84 Å². The van der Waals surface area contributed by atoms with E-state index >= 15 is 0 Å². The van der Waals surface area contributed by atoms with E-state index in [1.165, 1.54) is 24.3 Å². The molecule has 0 aliphatic carbocycles. The number of phenolic OH excluding ortho intramolecular Hbond substituents is 1. The Bertz CT molecular complexity index is 1630. The SMILES string of the molecule is CC.O=C1c2c(c(OC(c3ccccc3)c3ccccc3)c3ncccc3c2O)C(=O)N1Cc1ccc(F)cc1. The summed E-state index contributed by atoms with van der Waals surface area (Å²) >= 11 is 0. The van der Waals surface area contributed by atoms with Crippen LogP contribution in [0.5, 0.6) is 11.5 Å². The van der Waals surface area contributed by atoms with Crippen LogP contribution in [0.25, 0.3) is 10.9 Å². The molecule has 1 N–H and O–H groups in total. The molecule has 2 amide bonds. The fraction of sp³-hybridized carbons (Fsp3) is 0.121. The molecule has 40 heavy (non-hydrogen) atoms. The maximum atomic E-state index is 13.8. The van der Waals surface area contributed by atoms with Gasteiger partial charge in [-0.15, -0.1) is 0 Å². The molecule has 6 nitrogen and oxygen atoms in total. The number of carbonyl (C=O) groups excluding carboxylic acids is 2. The summed E-state index contributed by atoms with van der Waals surface area (Å²) in [5.41, 5.74) is 2.33. The lowest BCUT2D eigenvalue weighted by Gasteiger charge is -2.22. The molecule has 1 aliphatic heterocycles. The largest absolute Gasteiger partial charge is 0.506 e. The topological polar surface area (TPSA) is 79.7 Å². The molecule has 1 aromatic heterocycles. The number of benzene rings is 4. The summed E-state index contributed by atoms with van der Waals surface area (Å²) in [6.07, 6.45) is 0.920. The normalized spacial score (nSPS) is 12.3. The van der Waals surface area contributed by atoms with E-state index in [0.29, 0.717) is 10.9 Å². The van der Waals surface area contributed by atoms with Crippen molar-refractivity contribution in [2.24, 2.45) is 0 Å². The quantitative estimate of drug-likeness (QED) is 0.236. The molecule has 0 bridgehead atoms. The number of hydrogen-bond donors (Lipinski definition) is 1. The summed E-state index contributed by atoms with van der Waals surface area (Å²) in [5.74, 6) is -1.91. The summed E-state index contributed by atoms with van der Waals surface area (Å²) in [4.78, 5) is 32.7. The minimum absolute atomic E-state index is 0.0438. The number of imide groups is 1. The highest BCUT2D eigenvalue weighted by molar-refractivity contribution is 6.26. The molecule has 5 aromatic rings. The van der Waals surface area contributed by atoms with Crippen LogP contribution >= 0.6 is 0 Å². The van der Waals surface area contributed by atoms with E-state index in [2.05, 4.69) is 4.98 Å². The van der Waals surface area contributed by atoms with Crippen molar-refractivity contribution in [1.29, 1.82) is 0 Å². The molecule has 6 rings (SSSR count). The number of pyridine rings is 1. The zero-order chi connectivity index (χ0) is 28.2. The summed E-state index contributed by atoms with van der Waals surface area (Å²) in [5, 5.41) is 11.4. The van der Waals surface area contributed by atoms with Gasteiger partial charge in [-0.2, -0.15) is 0 Å². The lowest BCUT2D eigenvalue weighted by molar-refractivity contribution is 0.0640. The van der Waals surface area contributed by atoms with Crippen LogP contribution < -0.4 is 4.74 Å². The van der Waals surface area contributed by atoms with Gasteiger partial charge in [0.2, 0.25) is 0 Å². The highest BCUT2D eigenvalue weighted by Crippen LogP contribution is 2.45. The van der Waals surface area contributed by atoms with Crippen LogP contribution in [0.15, 0.2) is 103 Å². The maximum Gasteiger partial charge on any atom is 0.265 e. The van der Waals surface area contributed by atoms with E-state index in [0.717, 1.165) is 16.0 Å². The van der Waals surface area contributed by atoms with Gasteiger partial charge in [-0.3, -0.25) is 19.5 Å². The predicted octanol–water partition coefficient (Wildman–Crippen LogP) is 7.07. The van der Waals surface area contributed by atoms with Gasteiger partial charge in [-0.05, 0) is 41.0 Å². The van der Waals surface area contributed by atoms with E-state index < -0.39 is 23.7 Å². The first-order valence-corrected chi connectivity index (χ1v) is 13.0. The van der Waals surface area contributed by atoms with Gasteiger partial charge in [0.05, 0.1) is 12.1 Å². The fourth-order valence-corrected chi connectivity index (χ4v) is 4.77. The molecule has 0 saturated carbocycles. The molecule has 0 fully saturated rings. The van der Waals surface area contributed by atoms with Crippen molar-refractivity contribution >= 4 is 22.7 Å². The Morgan fingerprint density at radius 2 is 1.38 bits per heavy atom. The van der Waals surface area contributed by atoms with Gasteiger partial charge >= 0.3 is 0 Å². The molecule has 7 heteroatoms. The number of halogens is 1. The monoisotopic (exact) mass is 534 g/mol. The van der Waals surface area contributed by atoms with E-state index in [-0.39, 0.29) is 34.7 Å². The molecule has 0 saturated heterocycles. The summed E-state index contributed by atoms with van der Waals surface area (Å²) in [6.45, 7) is 3.91. The number of carbonyl (C=O) groups is 2. The average molecular weight is 535 g/mol. The second-order valence-electron chi connectivity index (χ2n) is 8.97. The highest BCUT2D eigenvalue weighted by atomic mass is 19.1. The van der Waals surface area contributed by atoms with Crippen LogP contribution in [0.1, 0.15) is 57.4 Å².